The minimum atomic E-state index is -0.0354. The number of hydrogen-bond donors (Lipinski definition) is 1. The first-order valence-electron chi connectivity index (χ1n) is 6.80. The topological polar surface area (TPSA) is 59.0 Å². The van der Waals surface area contributed by atoms with Crippen LogP contribution < -0.4 is 9.47 Å². The molecule has 110 valence electrons. The van der Waals surface area contributed by atoms with Gasteiger partial charge in [-0.3, -0.25) is 4.79 Å². The molecule has 1 aromatic rings. The Morgan fingerprint density at radius 3 is 2.85 bits per heavy atom. The molecule has 20 heavy (non-hydrogen) atoms. The summed E-state index contributed by atoms with van der Waals surface area (Å²) in [6.45, 7) is 0.758. The number of likely N-dealkylation sites (tertiary alicyclic amines) is 1. The average molecular weight is 279 g/mol. The van der Waals surface area contributed by atoms with E-state index in [-0.39, 0.29) is 25.0 Å². The molecule has 0 aromatic heterocycles. The van der Waals surface area contributed by atoms with Gasteiger partial charge in [-0.2, -0.15) is 0 Å². The zero-order valence-electron chi connectivity index (χ0n) is 12.0. The molecule has 1 aromatic carbocycles. The van der Waals surface area contributed by atoms with Gasteiger partial charge in [-0.1, -0.05) is 6.07 Å². The molecule has 0 spiro atoms. The second kappa shape index (κ2) is 6.61. The van der Waals surface area contributed by atoms with E-state index in [1.807, 2.05) is 12.1 Å². The largest absolute Gasteiger partial charge is 0.497 e. The van der Waals surface area contributed by atoms with Gasteiger partial charge >= 0.3 is 0 Å². The summed E-state index contributed by atoms with van der Waals surface area (Å²) in [6.07, 6.45) is 2.11. The molecule has 5 heteroatoms. The van der Waals surface area contributed by atoms with Crippen molar-refractivity contribution in [3.63, 3.8) is 0 Å². The Morgan fingerprint density at radius 1 is 1.40 bits per heavy atom. The zero-order chi connectivity index (χ0) is 14.5. The van der Waals surface area contributed by atoms with Crippen LogP contribution in [0.25, 0.3) is 0 Å². The number of carbonyl (C=O) groups is 1. The van der Waals surface area contributed by atoms with Gasteiger partial charge in [-0.25, -0.2) is 0 Å². The summed E-state index contributed by atoms with van der Waals surface area (Å²) in [5.74, 6) is 1.38. The second-order valence-corrected chi connectivity index (χ2v) is 4.92. The summed E-state index contributed by atoms with van der Waals surface area (Å²) in [7, 11) is 3.17. The SMILES string of the molecule is COc1ccc(CC(=O)N2CCC[C@H]2CO)c(OC)c1. The monoisotopic (exact) mass is 279 g/mol. The fourth-order valence-electron chi connectivity index (χ4n) is 2.62. The van der Waals surface area contributed by atoms with Gasteiger partial charge in [0.15, 0.2) is 0 Å². The van der Waals surface area contributed by atoms with Gasteiger partial charge in [-0.05, 0) is 18.9 Å². The van der Waals surface area contributed by atoms with Crippen LogP contribution in [0.5, 0.6) is 11.5 Å². The number of methoxy groups -OCH3 is 2. The molecule has 5 nitrogen and oxygen atoms in total. The minimum Gasteiger partial charge on any atom is -0.497 e. The Hall–Kier alpha value is -1.75. The highest BCUT2D eigenvalue weighted by molar-refractivity contribution is 5.80. The summed E-state index contributed by atoms with van der Waals surface area (Å²) in [6, 6.07) is 5.40. The Labute approximate surface area is 119 Å². The predicted octanol–water partition coefficient (Wildman–Crippen LogP) is 1.23. The molecule has 0 aliphatic carbocycles. The highest BCUT2D eigenvalue weighted by Gasteiger charge is 2.28. The van der Waals surface area contributed by atoms with Gasteiger partial charge in [0.1, 0.15) is 11.5 Å². The summed E-state index contributed by atoms with van der Waals surface area (Å²) in [5, 5.41) is 9.29. The summed E-state index contributed by atoms with van der Waals surface area (Å²) in [5.41, 5.74) is 0.835. The number of carbonyl (C=O) groups excluding carboxylic acids is 1. The van der Waals surface area contributed by atoms with Gasteiger partial charge in [0.2, 0.25) is 5.91 Å². The minimum absolute atomic E-state index is 0.0324. The van der Waals surface area contributed by atoms with Crippen LogP contribution in [0.2, 0.25) is 0 Å². The van der Waals surface area contributed by atoms with Crippen LogP contribution in [0.4, 0.5) is 0 Å². The van der Waals surface area contributed by atoms with E-state index in [9.17, 15) is 9.90 Å². The van der Waals surface area contributed by atoms with Crippen LogP contribution in [0.1, 0.15) is 18.4 Å². The fraction of sp³-hybridized carbons (Fsp3) is 0.533. The van der Waals surface area contributed by atoms with Gasteiger partial charge in [-0.15, -0.1) is 0 Å². The van der Waals surface area contributed by atoms with Gasteiger partial charge in [0, 0.05) is 18.2 Å². The number of aliphatic hydroxyl groups excluding tert-OH is 1. The Balaban J connectivity index is 2.11. The van der Waals surface area contributed by atoms with Crippen LogP contribution in [-0.4, -0.2) is 49.3 Å². The molecule has 1 aliphatic rings. The number of ether oxygens (including phenoxy) is 2. The molecule has 1 fully saturated rings. The van der Waals surface area contributed by atoms with Crippen molar-refractivity contribution in [1.29, 1.82) is 0 Å². The van der Waals surface area contributed by atoms with Gasteiger partial charge < -0.3 is 19.5 Å². The number of benzene rings is 1. The molecule has 1 aliphatic heterocycles. The lowest BCUT2D eigenvalue weighted by molar-refractivity contribution is -0.132. The fourth-order valence-corrected chi connectivity index (χ4v) is 2.62. The molecule has 1 N–H and O–H groups in total. The molecule has 1 atom stereocenters. The molecule has 1 saturated heterocycles. The Morgan fingerprint density at radius 2 is 2.20 bits per heavy atom. The average Bonchev–Trinajstić information content (AvgIpc) is 2.96. The molecular formula is C15H21NO4. The highest BCUT2D eigenvalue weighted by atomic mass is 16.5. The summed E-state index contributed by atoms with van der Waals surface area (Å²) < 4.78 is 10.4. The van der Waals surface area contributed by atoms with Crippen molar-refractivity contribution in [3.05, 3.63) is 23.8 Å². The van der Waals surface area contributed by atoms with E-state index in [1.165, 1.54) is 0 Å². The standard InChI is InChI=1S/C15H21NO4/c1-19-13-6-5-11(14(9-13)20-2)8-15(18)16-7-3-4-12(16)10-17/h5-6,9,12,17H,3-4,7-8,10H2,1-2H3/t12-/m0/s1. The number of nitrogens with zero attached hydrogens (tertiary/aromatic N) is 1. The number of rotatable bonds is 5. The Kier molecular flexibility index (Phi) is 4.84. The van der Waals surface area contributed by atoms with Crippen molar-refractivity contribution >= 4 is 5.91 Å². The van der Waals surface area contributed by atoms with Crippen LogP contribution in [0.15, 0.2) is 18.2 Å². The first-order valence-corrected chi connectivity index (χ1v) is 6.80. The van der Waals surface area contributed by atoms with Crippen molar-refractivity contribution in [3.8, 4) is 11.5 Å². The third-order valence-electron chi connectivity index (χ3n) is 3.74. The number of aliphatic hydroxyl groups is 1. The lowest BCUT2D eigenvalue weighted by Crippen LogP contribution is -2.38. The number of hydrogen-bond acceptors (Lipinski definition) is 4. The normalized spacial score (nSPS) is 18.1. The number of amides is 1. The third kappa shape index (κ3) is 3.04. The zero-order valence-corrected chi connectivity index (χ0v) is 12.0. The van der Waals surface area contributed by atoms with Crippen LogP contribution in [0, 0.1) is 0 Å². The van der Waals surface area contributed by atoms with Crippen molar-refractivity contribution in [2.45, 2.75) is 25.3 Å². The molecule has 0 saturated carbocycles. The first-order chi connectivity index (χ1) is 9.69. The van der Waals surface area contributed by atoms with Crippen molar-refractivity contribution in [1.82, 2.24) is 4.90 Å². The van der Waals surface area contributed by atoms with Gasteiger partial charge in [0.05, 0.1) is 33.3 Å². The van der Waals surface area contributed by atoms with Crippen LogP contribution in [-0.2, 0) is 11.2 Å². The molecule has 2 rings (SSSR count). The second-order valence-electron chi connectivity index (χ2n) is 4.92. The lowest BCUT2D eigenvalue weighted by Gasteiger charge is -2.23. The summed E-state index contributed by atoms with van der Waals surface area (Å²) in [4.78, 5) is 14.1. The van der Waals surface area contributed by atoms with Crippen molar-refractivity contribution in [2.24, 2.45) is 0 Å². The van der Waals surface area contributed by atoms with E-state index in [0.29, 0.717) is 11.5 Å². The van der Waals surface area contributed by atoms with E-state index in [2.05, 4.69) is 0 Å². The van der Waals surface area contributed by atoms with E-state index in [4.69, 9.17) is 9.47 Å². The molecule has 1 heterocycles. The van der Waals surface area contributed by atoms with Crippen LogP contribution >= 0.6 is 0 Å². The molecular weight excluding hydrogens is 258 g/mol. The first kappa shape index (κ1) is 14.7. The highest BCUT2D eigenvalue weighted by Crippen LogP contribution is 2.26. The molecule has 0 unspecified atom stereocenters. The third-order valence-corrected chi connectivity index (χ3v) is 3.74. The maximum absolute atomic E-state index is 12.3. The van der Waals surface area contributed by atoms with Crippen molar-refractivity contribution in [2.75, 3.05) is 27.4 Å². The quantitative estimate of drug-likeness (QED) is 0.880. The van der Waals surface area contributed by atoms with Crippen LogP contribution in [0.3, 0.4) is 0 Å². The van der Waals surface area contributed by atoms with Crippen molar-refractivity contribution < 1.29 is 19.4 Å². The predicted molar refractivity (Wildman–Crippen MR) is 75.1 cm³/mol. The van der Waals surface area contributed by atoms with Gasteiger partial charge in [0.25, 0.3) is 0 Å². The maximum atomic E-state index is 12.3. The maximum Gasteiger partial charge on any atom is 0.227 e. The lowest BCUT2D eigenvalue weighted by atomic mass is 10.1. The van der Waals surface area contributed by atoms with E-state index < -0.39 is 0 Å². The van der Waals surface area contributed by atoms with E-state index >= 15 is 0 Å². The Bertz CT molecular complexity index is 475. The smallest absolute Gasteiger partial charge is 0.227 e. The summed E-state index contributed by atoms with van der Waals surface area (Å²) >= 11 is 0. The van der Waals surface area contributed by atoms with E-state index in [1.54, 1.807) is 25.2 Å². The molecule has 1 amide bonds. The van der Waals surface area contributed by atoms with E-state index in [0.717, 1.165) is 24.9 Å². The molecule has 0 radical (unpaired) electrons. The molecule has 0 bridgehead atoms.